The number of hydrogen-bond acceptors (Lipinski definition) is 6. The molecule has 204 valence electrons. The third-order valence-corrected chi connectivity index (χ3v) is 8.10. The molecule has 1 unspecified atom stereocenters. The van der Waals surface area contributed by atoms with Crippen LogP contribution in [0.1, 0.15) is 58.9 Å². The second-order valence-corrected chi connectivity index (χ2v) is 11.0. The number of hydrogen-bond donors (Lipinski definition) is 1. The SMILES string of the molecule is CN(CC1(C)CCN(c2ccc3c(c2)C(=O)N(C2CCC(=O)NC2=O)C3=O)CC1)C(=O)Cc1ccccc1F. The molecule has 10 heteroatoms. The molecule has 2 saturated heterocycles. The molecule has 2 aromatic rings. The van der Waals surface area contributed by atoms with E-state index in [-0.39, 0.29) is 47.5 Å². The van der Waals surface area contributed by atoms with Crippen molar-refractivity contribution < 1.29 is 28.4 Å². The van der Waals surface area contributed by atoms with Gasteiger partial charge in [-0.15, -0.1) is 0 Å². The summed E-state index contributed by atoms with van der Waals surface area (Å²) in [5.74, 6) is -2.60. The van der Waals surface area contributed by atoms with Gasteiger partial charge >= 0.3 is 0 Å². The van der Waals surface area contributed by atoms with E-state index in [0.29, 0.717) is 25.2 Å². The van der Waals surface area contributed by atoms with Crippen LogP contribution in [-0.4, -0.2) is 72.1 Å². The third-order valence-electron chi connectivity index (χ3n) is 8.10. The number of imide groups is 2. The van der Waals surface area contributed by atoms with Crippen LogP contribution in [0.5, 0.6) is 0 Å². The first-order valence-corrected chi connectivity index (χ1v) is 13.1. The van der Waals surface area contributed by atoms with Crippen molar-refractivity contribution in [3.8, 4) is 0 Å². The molecule has 0 saturated carbocycles. The molecule has 0 aromatic heterocycles. The van der Waals surface area contributed by atoms with Crippen molar-refractivity contribution in [1.82, 2.24) is 15.1 Å². The number of halogens is 1. The van der Waals surface area contributed by atoms with Crippen molar-refractivity contribution in [3.05, 3.63) is 65.0 Å². The summed E-state index contributed by atoms with van der Waals surface area (Å²) in [5.41, 5.74) is 1.59. The summed E-state index contributed by atoms with van der Waals surface area (Å²) in [6, 6.07) is 10.4. The average molecular weight is 535 g/mol. The molecule has 0 aliphatic carbocycles. The number of benzene rings is 2. The Morgan fingerprint density at radius 2 is 1.74 bits per heavy atom. The van der Waals surface area contributed by atoms with Gasteiger partial charge in [-0.05, 0) is 54.5 Å². The van der Waals surface area contributed by atoms with Crippen LogP contribution in [0.2, 0.25) is 0 Å². The van der Waals surface area contributed by atoms with E-state index in [2.05, 4.69) is 17.1 Å². The Morgan fingerprint density at radius 1 is 1.05 bits per heavy atom. The molecule has 5 rings (SSSR count). The Kier molecular flexibility index (Phi) is 6.96. The monoisotopic (exact) mass is 534 g/mol. The highest BCUT2D eigenvalue weighted by Gasteiger charge is 2.45. The van der Waals surface area contributed by atoms with Crippen LogP contribution in [0, 0.1) is 11.2 Å². The van der Waals surface area contributed by atoms with E-state index in [4.69, 9.17) is 0 Å². The predicted molar refractivity (Wildman–Crippen MR) is 140 cm³/mol. The van der Waals surface area contributed by atoms with E-state index in [1.807, 2.05) is 6.07 Å². The van der Waals surface area contributed by atoms with Crippen molar-refractivity contribution in [2.75, 3.05) is 31.6 Å². The smallest absolute Gasteiger partial charge is 0.262 e. The largest absolute Gasteiger partial charge is 0.371 e. The molecule has 2 aromatic carbocycles. The average Bonchev–Trinajstić information content (AvgIpc) is 3.15. The fraction of sp³-hybridized carbons (Fsp3) is 0.414. The van der Waals surface area contributed by atoms with Gasteiger partial charge in [0.2, 0.25) is 17.7 Å². The highest BCUT2D eigenvalue weighted by Crippen LogP contribution is 2.36. The van der Waals surface area contributed by atoms with Gasteiger partial charge in [0.25, 0.3) is 11.8 Å². The molecule has 9 nitrogen and oxygen atoms in total. The number of nitrogens with one attached hydrogen (secondary N) is 1. The normalized spacial score (nSPS) is 20.6. The number of likely N-dealkylation sites (N-methyl/N-ethyl adjacent to an activating group) is 1. The standard InChI is InChI=1S/C29H31FN4O5/c1-29(17-32(2)25(36)15-18-5-3-4-6-22(18)30)11-13-33(14-12-29)19-7-8-20-21(16-19)28(39)34(27(20)38)23-9-10-24(35)31-26(23)37/h3-8,16,23H,9-15,17H2,1-2H3,(H,31,35,37). The number of amides is 5. The second kappa shape index (κ2) is 10.2. The number of piperidine rings is 2. The van der Waals surface area contributed by atoms with E-state index >= 15 is 0 Å². The first-order valence-electron chi connectivity index (χ1n) is 13.1. The van der Waals surface area contributed by atoms with Crippen LogP contribution in [0.15, 0.2) is 42.5 Å². The zero-order chi connectivity index (χ0) is 27.9. The van der Waals surface area contributed by atoms with Crippen LogP contribution < -0.4 is 10.2 Å². The van der Waals surface area contributed by atoms with Crippen LogP contribution in [0.3, 0.4) is 0 Å². The zero-order valence-corrected chi connectivity index (χ0v) is 22.0. The Labute approximate surface area is 225 Å². The maximum Gasteiger partial charge on any atom is 0.262 e. The number of rotatable bonds is 6. The quantitative estimate of drug-likeness (QED) is 0.571. The molecule has 3 heterocycles. The lowest BCUT2D eigenvalue weighted by Gasteiger charge is -2.42. The molecular formula is C29H31FN4O5. The minimum absolute atomic E-state index is 0.0170. The molecule has 2 fully saturated rings. The van der Waals surface area contributed by atoms with Gasteiger partial charge in [-0.3, -0.25) is 34.2 Å². The molecule has 1 N–H and O–H groups in total. The number of anilines is 1. The molecule has 0 radical (unpaired) electrons. The molecule has 1 atom stereocenters. The minimum atomic E-state index is -0.993. The second-order valence-electron chi connectivity index (χ2n) is 11.0. The van der Waals surface area contributed by atoms with E-state index < -0.39 is 29.7 Å². The van der Waals surface area contributed by atoms with Gasteiger partial charge in [0, 0.05) is 38.8 Å². The lowest BCUT2D eigenvalue weighted by atomic mass is 9.79. The molecule has 3 aliphatic rings. The van der Waals surface area contributed by atoms with E-state index in [1.165, 1.54) is 6.07 Å². The third kappa shape index (κ3) is 5.15. The molecule has 0 bridgehead atoms. The van der Waals surface area contributed by atoms with Crippen molar-refractivity contribution in [1.29, 1.82) is 0 Å². The summed E-state index contributed by atoms with van der Waals surface area (Å²) >= 11 is 0. The number of fused-ring (bicyclic) bond motifs is 1. The van der Waals surface area contributed by atoms with Gasteiger partial charge in [-0.2, -0.15) is 0 Å². The van der Waals surface area contributed by atoms with Crippen LogP contribution in [-0.2, 0) is 20.8 Å². The molecule has 5 amide bonds. The minimum Gasteiger partial charge on any atom is -0.371 e. The zero-order valence-electron chi connectivity index (χ0n) is 22.0. The number of nitrogens with zero attached hydrogens (tertiary/aromatic N) is 3. The van der Waals surface area contributed by atoms with Gasteiger partial charge in [-0.25, -0.2) is 4.39 Å². The predicted octanol–water partition coefficient (Wildman–Crippen LogP) is 2.53. The summed E-state index contributed by atoms with van der Waals surface area (Å²) in [6.07, 6.45) is 1.81. The summed E-state index contributed by atoms with van der Waals surface area (Å²) < 4.78 is 14.0. The molecule has 39 heavy (non-hydrogen) atoms. The Bertz CT molecular complexity index is 1370. The summed E-state index contributed by atoms with van der Waals surface area (Å²) in [4.78, 5) is 67.5. The van der Waals surface area contributed by atoms with Gasteiger partial charge in [0.1, 0.15) is 11.9 Å². The Morgan fingerprint density at radius 3 is 2.44 bits per heavy atom. The van der Waals surface area contributed by atoms with Gasteiger partial charge in [-0.1, -0.05) is 25.1 Å². The lowest BCUT2D eigenvalue weighted by molar-refractivity contribution is -0.136. The number of carbonyl (C=O) groups excluding carboxylic acids is 5. The maximum absolute atomic E-state index is 14.0. The van der Waals surface area contributed by atoms with Crippen LogP contribution >= 0.6 is 0 Å². The maximum atomic E-state index is 14.0. The molecule has 0 spiro atoms. The lowest BCUT2D eigenvalue weighted by Crippen LogP contribution is -2.54. The topological polar surface area (TPSA) is 107 Å². The first kappa shape index (κ1) is 26.5. The summed E-state index contributed by atoms with van der Waals surface area (Å²) in [6.45, 7) is 4.08. The fourth-order valence-electron chi connectivity index (χ4n) is 5.72. The molecule has 3 aliphatic heterocycles. The van der Waals surface area contributed by atoms with E-state index in [9.17, 15) is 28.4 Å². The van der Waals surface area contributed by atoms with Gasteiger partial charge in [0.05, 0.1) is 17.5 Å². The van der Waals surface area contributed by atoms with E-state index in [1.54, 1.807) is 42.3 Å². The van der Waals surface area contributed by atoms with Crippen molar-refractivity contribution in [2.24, 2.45) is 5.41 Å². The Hall–Kier alpha value is -4.08. The van der Waals surface area contributed by atoms with Gasteiger partial charge < -0.3 is 9.80 Å². The van der Waals surface area contributed by atoms with E-state index in [0.717, 1.165) is 23.4 Å². The Balaban J connectivity index is 1.22. The van der Waals surface area contributed by atoms with Crippen LogP contribution in [0.25, 0.3) is 0 Å². The van der Waals surface area contributed by atoms with Crippen LogP contribution in [0.4, 0.5) is 10.1 Å². The molecular weight excluding hydrogens is 503 g/mol. The number of carbonyl (C=O) groups is 5. The summed E-state index contributed by atoms with van der Waals surface area (Å²) in [7, 11) is 1.75. The van der Waals surface area contributed by atoms with Crippen molar-refractivity contribution in [2.45, 2.75) is 45.1 Å². The highest BCUT2D eigenvalue weighted by atomic mass is 19.1. The van der Waals surface area contributed by atoms with Crippen molar-refractivity contribution in [3.63, 3.8) is 0 Å². The van der Waals surface area contributed by atoms with Crippen molar-refractivity contribution >= 4 is 35.2 Å². The van der Waals surface area contributed by atoms with Gasteiger partial charge in [0.15, 0.2) is 0 Å². The highest BCUT2D eigenvalue weighted by molar-refractivity contribution is 6.23. The first-order chi connectivity index (χ1) is 18.6. The fourth-order valence-corrected chi connectivity index (χ4v) is 5.72. The summed E-state index contributed by atoms with van der Waals surface area (Å²) in [5, 5.41) is 2.21.